The molecule has 0 N–H and O–H groups in total. The monoisotopic (exact) mass is 400 g/mol. The van der Waals surface area contributed by atoms with E-state index in [2.05, 4.69) is 70.0 Å². The van der Waals surface area contributed by atoms with Crippen molar-refractivity contribution < 1.29 is 0 Å². The first-order chi connectivity index (χ1) is 8.97. The summed E-state index contributed by atoms with van der Waals surface area (Å²) in [7, 11) is 0. The van der Waals surface area contributed by atoms with E-state index in [1.54, 1.807) is 0 Å². The molecule has 3 heteroatoms. The zero-order valence-electron chi connectivity index (χ0n) is 10.9. The quantitative estimate of drug-likeness (QED) is 0.521. The number of rotatable bonds is 3. The van der Waals surface area contributed by atoms with E-state index in [-0.39, 0.29) is 4.83 Å². The Morgan fingerprint density at radius 2 is 1.84 bits per heavy atom. The maximum Gasteiger partial charge on any atom is 0.0450 e. The molecule has 0 aliphatic heterocycles. The summed E-state index contributed by atoms with van der Waals surface area (Å²) in [6, 6.07) is 12.5. The molecule has 0 saturated heterocycles. The second-order valence-corrected chi connectivity index (χ2v) is 7.20. The van der Waals surface area contributed by atoms with E-state index in [1.807, 2.05) is 12.1 Å². The highest BCUT2D eigenvalue weighted by molar-refractivity contribution is 9.10. The molecule has 0 heterocycles. The smallest absolute Gasteiger partial charge is 0.0450 e. The van der Waals surface area contributed by atoms with Crippen LogP contribution < -0.4 is 0 Å². The lowest BCUT2D eigenvalue weighted by Crippen LogP contribution is -1.99. The Bertz CT molecular complexity index is 593. The van der Waals surface area contributed by atoms with Crippen molar-refractivity contribution in [3.8, 4) is 0 Å². The van der Waals surface area contributed by atoms with Crippen LogP contribution in [0.1, 0.15) is 27.1 Å². The van der Waals surface area contributed by atoms with Crippen molar-refractivity contribution >= 4 is 43.5 Å². The first-order valence-corrected chi connectivity index (χ1v) is 8.21. The van der Waals surface area contributed by atoms with Crippen molar-refractivity contribution in [3.05, 3.63) is 68.1 Å². The Kier molecular flexibility index (Phi) is 5.10. The van der Waals surface area contributed by atoms with E-state index in [9.17, 15) is 0 Å². The first kappa shape index (κ1) is 15.1. The van der Waals surface area contributed by atoms with Crippen molar-refractivity contribution in [2.24, 2.45) is 0 Å². The van der Waals surface area contributed by atoms with Gasteiger partial charge in [-0.2, -0.15) is 0 Å². The zero-order chi connectivity index (χ0) is 14.0. The average molecular weight is 403 g/mol. The zero-order valence-corrected chi connectivity index (χ0v) is 14.8. The summed E-state index contributed by atoms with van der Waals surface area (Å²) in [6.07, 6.45) is 0.934. The van der Waals surface area contributed by atoms with Crippen LogP contribution >= 0.6 is 43.5 Å². The van der Waals surface area contributed by atoms with Gasteiger partial charge in [-0.3, -0.25) is 0 Å². The number of hydrogen-bond donors (Lipinski definition) is 0. The number of benzene rings is 2. The van der Waals surface area contributed by atoms with Gasteiger partial charge in [-0.05, 0) is 55.2 Å². The van der Waals surface area contributed by atoms with Gasteiger partial charge in [0.1, 0.15) is 0 Å². The van der Waals surface area contributed by atoms with Crippen molar-refractivity contribution in [1.29, 1.82) is 0 Å². The highest BCUT2D eigenvalue weighted by Gasteiger charge is 2.14. The molecule has 2 aromatic rings. The standard InChI is InChI=1S/C16H15Br2Cl/c1-10-3-4-11(2)12(7-10)8-15(18)14-9-13(17)5-6-16(14)19/h3-7,9,15H,8H2,1-2H3. The lowest BCUT2D eigenvalue weighted by molar-refractivity contribution is 0.935. The van der Waals surface area contributed by atoms with Crippen LogP contribution in [0.5, 0.6) is 0 Å². The maximum absolute atomic E-state index is 6.28. The Morgan fingerprint density at radius 1 is 1.11 bits per heavy atom. The van der Waals surface area contributed by atoms with Crippen molar-refractivity contribution in [1.82, 2.24) is 0 Å². The molecular formula is C16H15Br2Cl. The number of alkyl halides is 1. The Morgan fingerprint density at radius 3 is 2.58 bits per heavy atom. The predicted octanol–water partition coefficient (Wildman–Crippen LogP) is 6.40. The Labute approximate surface area is 136 Å². The van der Waals surface area contributed by atoms with Crippen LogP contribution in [0.4, 0.5) is 0 Å². The van der Waals surface area contributed by atoms with Gasteiger partial charge in [0.25, 0.3) is 0 Å². The van der Waals surface area contributed by atoms with Gasteiger partial charge in [-0.25, -0.2) is 0 Å². The number of aryl methyl sites for hydroxylation is 2. The third kappa shape index (κ3) is 3.84. The summed E-state index contributed by atoms with van der Waals surface area (Å²) in [4.78, 5) is 0.220. The van der Waals surface area contributed by atoms with Gasteiger partial charge in [-0.1, -0.05) is 67.2 Å². The molecule has 1 atom stereocenters. The van der Waals surface area contributed by atoms with Crippen molar-refractivity contribution in [3.63, 3.8) is 0 Å². The van der Waals surface area contributed by atoms with Gasteiger partial charge in [0.05, 0.1) is 0 Å². The Hall–Kier alpha value is -0.310. The minimum Gasteiger partial charge on any atom is -0.0840 e. The van der Waals surface area contributed by atoms with Crippen LogP contribution in [0.3, 0.4) is 0 Å². The summed E-state index contributed by atoms with van der Waals surface area (Å²) >= 11 is 13.5. The highest BCUT2D eigenvalue weighted by Crippen LogP contribution is 2.34. The number of halogens is 3. The lowest BCUT2D eigenvalue weighted by Gasteiger charge is -2.15. The van der Waals surface area contributed by atoms with Crippen LogP contribution in [-0.2, 0) is 6.42 Å². The van der Waals surface area contributed by atoms with Crippen LogP contribution in [-0.4, -0.2) is 0 Å². The van der Waals surface area contributed by atoms with Crippen LogP contribution in [0.15, 0.2) is 40.9 Å². The topological polar surface area (TPSA) is 0 Å². The van der Waals surface area contributed by atoms with Crippen LogP contribution in [0.25, 0.3) is 0 Å². The molecule has 0 spiro atoms. The van der Waals surface area contributed by atoms with E-state index >= 15 is 0 Å². The molecule has 2 aromatic carbocycles. The fourth-order valence-electron chi connectivity index (χ4n) is 2.08. The molecule has 0 aromatic heterocycles. The molecule has 1 unspecified atom stereocenters. The fraction of sp³-hybridized carbons (Fsp3) is 0.250. The van der Waals surface area contributed by atoms with Gasteiger partial charge in [-0.15, -0.1) is 0 Å². The highest BCUT2D eigenvalue weighted by atomic mass is 79.9. The third-order valence-corrected chi connectivity index (χ3v) is 4.85. The van der Waals surface area contributed by atoms with Crippen LogP contribution in [0.2, 0.25) is 5.02 Å². The van der Waals surface area contributed by atoms with Gasteiger partial charge in [0, 0.05) is 14.3 Å². The van der Waals surface area contributed by atoms with Gasteiger partial charge >= 0.3 is 0 Å². The van der Waals surface area contributed by atoms with Gasteiger partial charge in [0.2, 0.25) is 0 Å². The maximum atomic E-state index is 6.28. The third-order valence-electron chi connectivity index (χ3n) is 3.20. The molecule has 0 aliphatic carbocycles. The SMILES string of the molecule is Cc1ccc(C)c(CC(Br)c2cc(Br)ccc2Cl)c1. The van der Waals surface area contributed by atoms with Crippen molar-refractivity contribution in [2.45, 2.75) is 25.1 Å². The summed E-state index contributed by atoms with van der Waals surface area (Å²) in [5.74, 6) is 0. The largest absolute Gasteiger partial charge is 0.0840 e. The van der Waals surface area contributed by atoms with Crippen molar-refractivity contribution in [2.75, 3.05) is 0 Å². The fourth-order valence-corrected chi connectivity index (χ4v) is 3.57. The molecule has 0 amide bonds. The summed E-state index contributed by atoms with van der Waals surface area (Å²) in [5.41, 5.74) is 5.09. The first-order valence-electron chi connectivity index (χ1n) is 6.12. The van der Waals surface area contributed by atoms with E-state index in [0.717, 1.165) is 21.5 Å². The van der Waals surface area contributed by atoms with Gasteiger partial charge < -0.3 is 0 Å². The molecular weight excluding hydrogens is 387 g/mol. The van der Waals surface area contributed by atoms with Crippen LogP contribution in [0, 0.1) is 13.8 Å². The van der Waals surface area contributed by atoms with E-state index in [1.165, 1.54) is 16.7 Å². The molecule has 0 fully saturated rings. The van der Waals surface area contributed by atoms with E-state index < -0.39 is 0 Å². The lowest BCUT2D eigenvalue weighted by atomic mass is 9.98. The predicted molar refractivity (Wildman–Crippen MR) is 90.4 cm³/mol. The molecule has 0 bridgehead atoms. The Balaban J connectivity index is 2.27. The summed E-state index contributed by atoms with van der Waals surface area (Å²) in [6.45, 7) is 4.27. The average Bonchev–Trinajstić information content (AvgIpc) is 2.36. The second-order valence-electron chi connectivity index (χ2n) is 4.77. The molecule has 100 valence electrons. The minimum absolute atomic E-state index is 0.220. The molecule has 19 heavy (non-hydrogen) atoms. The van der Waals surface area contributed by atoms with E-state index in [0.29, 0.717) is 0 Å². The molecule has 0 nitrogen and oxygen atoms in total. The van der Waals surface area contributed by atoms with Gasteiger partial charge in [0.15, 0.2) is 0 Å². The minimum atomic E-state index is 0.220. The number of hydrogen-bond acceptors (Lipinski definition) is 0. The molecule has 0 radical (unpaired) electrons. The van der Waals surface area contributed by atoms with E-state index in [4.69, 9.17) is 11.6 Å². The molecule has 0 saturated carbocycles. The summed E-state index contributed by atoms with van der Waals surface area (Å²) in [5, 5.41) is 0.801. The molecule has 0 aliphatic rings. The normalized spacial score (nSPS) is 12.5. The second kappa shape index (κ2) is 6.43. The summed E-state index contributed by atoms with van der Waals surface area (Å²) < 4.78 is 1.05. The molecule has 2 rings (SSSR count).